The van der Waals surface area contributed by atoms with Crippen LogP contribution >= 0.6 is 0 Å². The highest BCUT2D eigenvalue weighted by Crippen LogP contribution is 2.32. The summed E-state index contributed by atoms with van der Waals surface area (Å²) in [6.07, 6.45) is 3.68. The van der Waals surface area contributed by atoms with Crippen molar-refractivity contribution >= 4 is 27.3 Å². The van der Waals surface area contributed by atoms with Gasteiger partial charge in [0.1, 0.15) is 11.6 Å². The van der Waals surface area contributed by atoms with Crippen LogP contribution in [0.4, 0.5) is 4.79 Å². The number of imide groups is 1. The molecule has 8 nitrogen and oxygen atoms in total. The van der Waals surface area contributed by atoms with Crippen LogP contribution in [0.25, 0.3) is 5.52 Å². The number of carbonyl (C=O) groups is 2. The molecule has 1 spiro atoms. The summed E-state index contributed by atoms with van der Waals surface area (Å²) >= 11 is 0. The van der Waals surface area contributed by atoms with Gasteiger partial charge in [-0.05, 0) is 25.0 Å². The van der Waals surface area contributed by atoms with E-state index in [1.165, 1.54) is 0 Å². The summed E-state index contributed by atoms with van der Waals surface area (Å²) in [4.78, 5) is 26.4. The molecule has 0 bridgehead atoms. The van der Waals surface area contributed by atoms with E-state index < -0.39 is 27.3 Å². The Morgan fingerprint density at radius 1 is 1.23 bits per heavy atom. The normalized spacial score (nSPS) is 21.1. The molecule has 2 fully saturated rings. The van der Waals surface area contributed by atoms with Gasteiger partial charge in [0.05, 0.1) is 29.1 Å². The zero-order valence-corrected chi connectivity index (χ0v) is 14.6. The Kier molecular flexibility index (Phi) is 3.56. The van der Waals surface area contributed by atoms with E-state index in [1.807, 2.05) is 12.1 Å². The fourth-order valence-electron chi connectivity index (χ4n) is 3.64. The molecule has 3 amide bonds. The van der Waals surface area contributed by atoms with Gasteiger partial charge in [0, 0.05) is 18.0 Å². The molecule has 134 valence electrons. The Morgan fingerprint density at radius 2 is 1.96 bits per heavy atom. The predicted octanol–water partition coefficient (Wildman–Crippen LogP) is 0.810. The van der Waals surface area contributed by atoms with Crippen LogP contribution in [-0.2, 0) is 21.2 Å². The van der Waals surface area contributed by atoms with E-state index in [-0.39, 0.29) is 30.9 Å². The lowest BCUT2D eigenvalue weighted by atomic mass is 9.92. The number of nitrogens with one attached hydrogen (secondary N) is 1. The van der Waals surface area contributed by atoms with Crippen LogP contribution in [0.2, 0.25) is 0 Å². The van der Waals surface area contributed by atoms with Crippen molar-refractivity contribution in [2.24, 2.45) is 0 Å². The largest absolute Gasteiger partial charge is 0.325 e. The number of hydrogen-bond donors (Lipinski definition) is 1. The van der Waals surface area contributed by atoms with Crippen molar-refractivity contribution in [2.45, 2.75) is 24.9 Å². The first kappa shape index (κ1) is 16.6. The average Bonchev–Trinajstić information content (AvgIpc) is 3.08. The summed E-state index contributed by atoms with van der Waals surface area (Å²) in [5, 5.41) is 12.2. The number of nitriles is 1. The number of sulfone groups is 1. The Bertz CT molecular complexity index is 1070. The maximum Gasteiger partial charge on any atom is 0.325 e. The molecule has 0 saturated carbocycles. The van der Waals surface area contributed by atoms with Crippen molar-refractivity contribution < 1.29 is 18.0 Å². The Morgan fingerprint density at radius 3 is 2.65 bits per heavy atom. The fraction of sp³-hybridized carbons (Fsp3) is 0.353. The predicted molar refractivity (Wildman–Crippen MR) is 91.8 cm³/mol. The van der Waals surface area contributed by atoms with Crippen molar-refractivity contribution in [1.29, 1.82) is 5.26 Å². The maximum absolute atomic E-state index is 12.9. The zero-order valence-electron chi connectivity index (χ0n) is 13.8. The monoisotopic (exact) mass is 372 g/mol. The number of urea groups is 1. The lowest BCUT2D eigenvalue weighted by Gasteiger charge is -2.30. The Labute approximate surface area is 149 Å². The highest BCUT2D eigenvalue weighted by atomic mass is 32.2. The van der Waals surface area contributed by atoms with E-state index in [4.69, 9.17) is 0 Å². The van der Waals surface area contributed by atoms with Crippen molar-refractivity contribution in [1.82, 2.24) is 14.6 Å². The number of nitrogens with zero attached hydrogens (tertiary/aromatic N) is 3. The van der Waals surface area contributed by atoms with Crippen molar-refractivity contribution in [2.75, 3.05) is 11.5 Å². The topological polar surface area (TPSA) is 112 Å². The van der Waals surface area contributed by atoms with Gasteiger partial charge >= 0.3 is 6.03 Å². The van der Waals surface area contributed by atoms with Crippen LogP contribution in [-0.4, -0.2) is 46.7 Å². The second kappa shape index (κ2) is 5.57. The van der Waals surface area contributed by atoms with Gasteiger partial charge in [0.15, 0.2) is 9.84 Å². The molecule has 0 aliphatic carbocycles. The molecule has 2 saturated heterocycles. The molecule has 26 heavy (non-hydrogen) atoms. The van der Waals surface area contributed by atoms with E-state index in [1.54, 1.807) is 22.9 Å². The number of aromatic nitrogens is 1. The summed E-state index contributed by atoms with van der Waals surface area (Å²) in [6.45, 7) is -0.0241. The Balaban J connectivity index is 1.65. The van der Waals surface area contributed by atoms with Gasteiger partial charge in [0.25, 0.3) is 5.91 Å². The molecule has 0 radical (unpaired) electrons. The first-order valence-electron chi connectivity index (χ1n) is 8.18. The number of carbonyl (C=O) groups excluding carboxylic acids is 2. The van der Waals surface area contributed by atoms with E-state index in [9.17, 15) is 23.3 Å². The van der Waals surface area contributed by atoms with Crippen LogP contribution in [0.3, 0.4) is 0 Å². The number of pyridine rings is 1. The number of hydrogen-bond acceptors (Lipinski definition) is 5. The lowest BCUT2D eigenvalue weighted by Crippen LogP contribution is -2.52. The van der Waals surface area contributed by atoms with Gasteiger partial charge in [0.2, 0.25) is 0 Å². The van der Waals surface area contributed by atoms with Crippen molar-refractivity contribution in [3.63, 3.8) is 0 Å². The zero-order chi connectivity index (χ0) is 18.5. The SMILES string of the molecule is N#Cc1c(CN2C(=O)NC3(CCS(=O)(=O)CC3)C2=O)cn2ccccc12. The summed E-state index contributed by atoms with van der Waals surface area (Å²) in [5.74, 6) is -0.657. The molecule has 4 rings (SSSR count). The second-order valence-corrected chi connectivity index (χ2v) is 8.99. The Hall–Kier alpha value is -2.86. The van der Waals surface area contributed by atoms with Crippen LogP contribution in [0.15, 0.2) is 30.6 Å². The standard InChI is InChI=1S/C17H16N4O4S/c18-9-13-12(10-20-6-2-1-3-14(13)20)11-21-15(22)17(19-16(21)23)4-7-26(24,25)8-5-17/h1-3,6,10H,4-5,7-8,11H2,(H,19,23). The minimum Gasteiger partial charge on any atom is -0.323 e. The van der Waals surface area contributed by atoms with Gasteiger partial charge < -0.3 is 9.72 Å². The molecule has 0 unspecified atom stereocenters. The summed E-state index contributed by atoms with van der Waals surface area (Å²) in [6, 6.07) is 7.01. The minimum absolute atomic E-state index is 0.0241. The van der Waals surface area contributed by atoms with Crippen LogP contribution in [0.1, 0.15) is 24.0 Å². The van der Waals surface area contributed by atoms with E-state index in [2.05, 4.69) is 11.4 Å². The fourth-order valence-corrected chi connectivity index (χ4v) is 5.16. The number of rotatable bonds is 2. The molecular weight excluding hydrogens is 356 g/mol. The summed E-state index contributed by atoms with van der Waals surface area (Å²) < 4.78 is 25.1. The second-order valence-electron chi connectivity index (χ2n) is 6.69. The van der Waals surface area contributed by atoms with Gasteiger partial charge in [-0.3, -0.25) is 9.69 Å². The third kappa shape index (κ3) is 2.45. The van der Waals surface area contributed by atoms with E-state index in [0.717, 1.165) is 4.90 Å². The number of fused-ring (bicyclic) bond motifs is 1. The minimum atomic E-state index is -3.16. The average molecular weight is 372 g/mol. The van der Waals surface area contributed by atoms with Crippen LogP contribution in [0.5, 0.6) is 0 Å². The van der Waals surface area contributed by atoms with Crippen LogP contribution < -0.4 is 5.32 Å². The molecular formula is C17H16N4O4S. The highest BCUT2D eigenvalue weighted by molar-refractivity contribution is 7.91. The van der Waals surface area contributed by atoms with Crippen molar-refractivity contribution in [3.05, 3.63) is 41.7 Å². The maximum atomic E-state index is 12.9. The van der Waals surface area contributed by atoms with Crippen LogP contribution in [0, 0.1) is 11.3 Å². The molecule has 2 aliphatic rings. The molecule has 2 aromatic rings. The number of amides is 3. The molecule has 4 heterocycles. The molecule has 0 aromatic carbocycles. The van der Waals surface area contributed by atoms with Gasteiger partial charge in [-0.25, -0.2) is 13.2 Å². The third-order valence-corrected chi connectivity index (χ3v) is 6.78. The van der Waals surface area contributed by atoms with Gasteiger partial charge in [-0.2, -0.15) is 5.26 Å². The third-order valence-electron chi connectivity index (χ3n) is 5.13. The molecule has 0 atom stereocenters. The van der Waals surface area contributed by atoms with Crippen molar-refractivity contribution in [3.8, 4) is 6.07 Å². The molecule has 2 aliphatic heterocycles. The molecule has 1 N–H and O–H groups in total. The van der Waals surface area contributed by atoms with Gasteiger partial charge in [-0.15, -0.1) is 0 Å². The first-order valence-corrected chi connectivity index (χ1v) is 10.0. The van der Waals surface area contributed by atoms with Gasteiger partial charge in [-0.1, -0.05) is 6.07 Å². The lowest BCUT2D eigenvalue weighted by molar-refractivity contribution is -0.132. The summed E-state index contributed by atoms with van der Waals surface area (Å²) in [7, 11) is -3.16. The first-order chi connectivity index (χ1) is 12.4. The van der Waals surface area contributed by atoms with E-state index >= 15 is 0 Å². The highest BCUT2D eigenvalue weighted by Gasteiger charge is 2.53. The molecule has 9 heteroatoms. The smallest absolute Gasteiger partial charge is 0.323 e. The molecule has 2 aromatic heterocycles. The summed E-state index contributed by atoms with van der Waals surface area (Å²) in [5.41, 5.74) is 0.547. The quantitative estimate of drug-likeness (QED) is 0.784. The van der Waals surface area contributed by atoms with E-state index in [0.29, 0.717) is 16.6 Å².